The minimum absolute atomic E-state index is 0.0247. The minimum atomic E-state index is 0.0247. The van der Waals surface area contributed by atoms with E-state index >= 15 is 0 Å². The zero-order chi connectivity index (χ0) is 12.5. The van der Waals surface area contributed by atoms with Crippen LogP contribution in [-0.2, 0) is 4.79 Å². The Kier molecular flexibility index (Phi) is 2.91. The molecule has 2 aromatic rings. The molecule has 1 aliphatic rings. The standard InChI is InChI=1S/C13H14N2O2S/c1-8(9-5-12(16)14-6-9)17-11-4-2-3-10-13(11)18-7-15-10/h2-4,7-9H,5-6H2,1H3,(H,14,16)/t8-,9-/m1/s1. The Balaban J connectivity index is 1.79. The number of ether oxygens (including phenoxy) is 1. The van der Waals surface area contributed by atoms with Crippen LogP contribution in [0.2, 0.25) is 0 Å². The molecule has 2 heterocycles. The van der Waals surface area contributed by atoms with Gasteiger partial charge in [-0.05, 0) is 19.1 Å². The fraction of sp³-hybridized carbons (Fsp3) is 0.385. The van der Waals surface area contributed by atoms with E-state index in [9.17, 15) is 4.79 Å². The van der Waals surface area contributed by atoms with E-state index < -0.39 is 0 Å². The highest BCUT2D eigenvalue weighted by Crippen LogP contribution is 2.30. The summed E-state index contributed by atoms with van der Waals surface area (Å²) in [5.74, 6) is 1.23. The van der Waals surface area contributed by atoms with Crippen molar-refractivity contribution in [2.24, 2.45) is 5.92 Å². The zero-order valence-corrected chi connectivity index (χ0v) is 10.9. The number of hydrogen-bond donors (Lipinski definition) is 1. The SMILES string of the molecule is C[C@@H](Oc1cccc2ncsc12)[C@H]1CNC(=O)C1. The van der Waals surface area contributed by atoms with E-state index in [4.69, 9.17) is 4.74 Å². The highest BCUT2D eigenvalue weighted by atomic mass is 32.1. The van der Waals surface area contributed by atoms with Crippen LogP contribution in [-0.4, -0.2) is 23.5 Å². The maximum absolute atomic E-state index is 11.2. The monoisotopic (exact) mass is 262 g/mol. The lowest BCUT2D eigenvalue weighted by Crippen LogP contribution is -2.25. The van der Waals surface area contributed by atoms with Gasteiger partial charge in [0.05, 0.1) is 15.7 Å². The van der Waals surface area contributed by atoms with Crippen molar-refractivity contribution in [3.05, 3.63) is 23.7 Å². The van der Waals surface area contributed by atoms with Crippen LogP contribution in [0.4, 0.5) is 0 Å². The fourth-order valence-electron chi connectivity index (χ4n) is 2.21. The molecule has 0 unspecified atom stereocenters. The third-order valence-electron chi connectivity index (χ3n) is 3.31. The Morgan fingerprint density at radius 2 is 2.44 bits per heavy atom. The lowest BCUT2D eigenvalue weighted by atomic mass is 10.0. The third-order valence-corrected chi connectivity index (χ3v) is 4.16. The number of amides is 1. The predicted octanol–water partition coefficient (Wildman–Crippen LogP) is 2.20. The largest absolute Gasteiger partial charge is 0.489 e. The summed E-state index contributed by atoms with van der Waals surface area (Å²) in [7, 11) is 0. The number of nitrogens with zero attached hydrogens (tertiary/aromatic N) is 1. The number of carbonyl (C=O) groups is 1. The first-order chi connectivity index (χ1) is 8.74. The molecule has 0 radical (unpaired) electrons. The lowest BCUT2D eigenvalue weighted by molar-refractivity contribution is -0.119. The summed E-state index contributed by atoms with van der Waals surface area (Å²) in [6, 6.07) is 5.88. The van der Waals surface area contributed by atoms with Gasteiger partial charge in [-0.3, -0.25) is 4.79 Å². The van der Waals surface area contributed by atoms with Gasteiger partial charge in [-0.2, -0.15) is 0 Å². The summed E-state index contributed by atoms with van der Waals surface area (Å²) in [4.78, 5) is 15.5. The van der Waals surface area contributed by atoms with E-state index in [-0.39, 0.29) is 17.9 Å². The highest BCUT2D eigenvalue weighted by molar-refractivity contribution is 7.17. The van der Waals surface area contributed by atoms with Crippen molar-refractivity contribution in [3.8, 4) is 5.75 Å². The van der Waals surface area contributed by atoms with Crippen molar-refractivity contribution in [2.45, 2.75) is 19.4 Å². The summed E-state index contributed by atoms with van der Waals surface area (Å²) >= 11 is 1.58. The van der Waals surface area contributed by atoms with Gasteiger partial charge in [0.25, 0.3) is 0 Å². The van der Waals surface area contributed by atoms with Crippen LogP contribution in [0.15, 0.2) is 23.7 Å². The van der Waals surface area contributed by atoms with Gasteiger partial charge in [0.15, 0.2) is 0 Å². The first-order valence-electron chi connectivity index (χ1n) is 5.99. The van der Waals surface area contributed by atoms with Gasteiger partial charge >= 0.3 is 0 Å². The second-order valence-electron chi connectivity index (χ2n) is 4.55. The average molecular weight is 262 g/mol. The van der Waals surface area contributed by atoms with Crippen molar-refractivity contribution in [1.29, 1.82) is 0 Å². The number of hydrogen-bond acceptors (Lipinski definition) is 4. The normalized spacial score (nSPS) is 20.9. The van der Waals surface area contributed by atoms with Gasteiger partial charge in [0.1, 0.15) is 11.9 Å². The van der Waals surface area contributed by atoms with Crippen molar-refractivity contribution >= 4 is 27.5 Å². The van der Waals surface area contributed by atoms with Gasteiger partial charge in [0.2, 0.25) is 5.91 Å². The number of aromatic nitrogens is 1. The van der Waals surface area contributed by atoms with E-state index in [1.165, 1.54) is 0 Å². The third kappa shape index (κ3) is 2.06. The summed E-state index contributed by atoms with van der Waals surface area (Å²) in [6.07, 6.45) is 0.580. The molecule has 18 heavy (non-hydrogen) atoms. The molecule has 1 fully saturated rings. The van der Waals surface area contributed by atoms with Crippen LogP contribution in [0.1, 0.15) is 13.3 Å². The Bertz CT molecular complexity index is 581. The van der Waals surface area contributed by atoms with E-state index in [2.05, 4.69) is 10.3 Å². The maximum atomic E-state index is 11.2. The van der Waals surface area contributed by atoms with Gasteiger partial charge in [-0.1, -0.05) is 6.07 Å². The van der Waals surface area contributed by atoms with Crippen LogP contribution in [0.25, 0.3) is 10.2 Å². The van der Waals surface area contributed by atoms with Crippen molar-refractivity contribution in [3.63, 3.8) is 0 Å². The molecule has 4 nitrogen and oxygen atoms in total. The molecular weight excluding hydrogens is 248 g/mol. The number of fused-ring (bicyclic) bond motifs is 1. The molecular formula is C13H14N2O2S. The Morgan fingerprint density at radius 1 is 1.56 bits per heavy atom. The first kappa shape index (κ1) is 11.5. The number of nitrogens with one attached hydrogen (secondary N) is 1. The molecule has 1 saturated heterocycles. The van der Waals surface area contributed by atoms with E-state index in [0.29, 0.717) is 13.0 Å². The molecule has 3 rings (SSSR count). The molecule has 0 spiro atoms. The Morgan fingerprint density at radius 3 is 3.22 bits per heavy atom. The molecule has 5 heteroatoms. The number of thiazole rings is 1. The molecule has 1 aromatic carbocycles. The van der Waals surface area contributed by atoms with Gasteiger partial charge < -0.3 is 10.1 Å². The number of rotatable bonds is 3. The van der Waals surface area contributed by atoms with Crippen molar-refractivity contribution in [2.75, 3.05) is 6.54 Å². The Hall–Kier alpha value is -1.62. The van der Waals surface area contributed by atoms with E-state index in [0.717, 1.165) is 16.0 Å². The topological polar surface area (TPSA) is 51.2 Å². The van der Waals surface area contributed by atoms with Gasteiger partial charge in [0, 0.05) is 18.9 Å². The molecule has 2 atom stereocenters. The van der Waals surface area contributed by atoms with Gasteiger partial charge in [-0.15, -0.1) is 11.3 Å². The van der Waals surface area contributed by atoms with Crippen LogP contribution in [0, 0.1) is 5.92 Å². The average Bonchev–Trinajstić information content (AvgIpc) is 2.97. The maximum Gasteiger partial charge on any atom is 0.220 e. The minimum Gasteiger partial charge on any atom is -0.489 e. The Labute approximate surface area is 109 Å². The van der Waals surface area contributed by atoms with E-state index in [1.807, 2.05) is 30.6 Å². The summed E-state index contributed by atoms with van der Waals surface area (Å²) in [5, 5.41) is 2.84. The zero-order valence-electron chi connectivity index (χ0n) is 10.1. The molecule has 0 aliphatic carbocycles. The highest BCUT2D eigenvalue weighted by Gasteiger charge is 2.28. The lowest BCUT2D eigenvalue weighted by Gasteiger charge is -2.19. The van der Waals surface area contributed by atoms with Gasteiger partial charge in [-0.25, -0.2) is 4.98 Å². The van der Waals surface area contributed by atoms with Crippen LogP contribution in [0.3, 0.4) is 0 Å². The van der Waals surface area contributed by atoms with Crippen molar-refractivity contribution in [1.82, 2.24) is 10.3 Å². The first-order valence-corrected chi connectivity index (χ1v) is 6.87. The molecule has 0 saturated carbocycles. The smallest absolute Gasteiger partial charge is 0.220 e. The second kappa shape index (κ2) is 4.57. The molecule has 94 valence electrons. The fourth-order valence-corrected chi connectivity index (χ4v) is 2.95. The van der Waals surface area contributed by atoms with Crippen LogP contribution < -0.4 is 10.1 Å². The summed E-state index contributed by atoms with van der Waals surface area (Å²) in [5.41, 5.74) is 2.79. The number of benzene rings is 1. The van der Waals surface area contributed by atoms with Crippen molar-refractivity contribution < 1.29 is 9.53 Å². The molecule has 0 bridgehead atoms. The summed E-state index contributed by atoms with van der Waals surface area (Å²) in [6.45, 7) is 2.73. The van der Waals surface area contributed by atoms with Crippen LogP contribution >= 0.6 is 11.3 Å². The number of carbonyl (C=O) groups excluding carboxylic acids is 1. The van der Waals surface area contributed by atoms with Crippen LogP contribution in [0.5, 0.6) is 5.75 Å². The molecule has 1 amide bonds. The molecule has 1 N–H and O–H groups in total. The second-order valence-corrected chi connectivity index (χ2v) is 5.40. The summed E-state index contributed by atoms with van der Waals surface area (Å²) < 4.78 is 7.07. The molecule has 1 aromatic heterocycles. The quantitative estimate of drug-likeness (QED) is 0.922. The predicted molar refractivity (Wildman–Crippen MR) is 70.8 cm³/mol. The molecule has 1 aliphatic heterocycles. The van der Waals surface area contributed by atoms with E-state index in [1.54, 1.807) is 11.3 Å².